The van der Waals surface area contributed by atoms with E-state index >= 15 is 0 Å². The maximum absolute atomic E-state index is 11.1. The van der Waals surface area contributed by atoms with E-state index in [0.717, 1.165) is 11.1 Å². The van der Waals surface area contributed by atoms with E-state index in [1.54, 1.807) is 7.11 Å². The molecule has 0 saturated heterocycles. The number of carboxylic acids is 1. The summed E-state index contributed by atoms with van der Waals surface area (Å²) in [5.41, 5.74) is 1.97. The predicted molar refractivity (Wildman–Crippen MR) is 81.3 cm³/mol. The van der Waals surface area contributed by atoms with Crippen LogP contribution in [0.15, 0.2) is 54.6 Å². The molecule has 21 heavy (non-hydrogen) atoms. The van der Waals surface area contributed by atoms with E-state index in [9.17, 15) is 4.79 Å². The van der Waals surface area contributed by atoms with Gasteiger partial charge in [-0.05, 0) is 11.6 Å². The SMILES string of the molecule is COc1ccccc1C(CC(=O)O)NCc1ccccc1. The Kier molecular flexibility index (Phi) is 5.35. The van der Waals surface area contributed by atoms with Crippen molar-refractivity contribution in [2.24, 2.45) is 0 Å². The number of hydrogen-bond donors (Lipinski definition) is 2. The number of aliphatic carboxylic acids is 1. The molecule has 1 atom stereocenters. The Morgan fingerprint density at radius 1 is 1.14 bits per heavy atom. The molecule has 2 rings (SSSR count). The van der Waals surface area contributed by atoms with Gasteiger partial charge < -0.3 is 15.2 Å². The van der Waals surface area contributed by atoms with E-state index in [1.807, 2.05) is 54.6 Å². The molecular formula is C17H19NO3. The third-order valence-corrected chi connectivity index (χ3v) is 3.29. The number of para-hydroxylation sites is 1. The standard InChI is InChI=1S/C17H19NO3/c1-21-16-10-6-5-9-14(16)15(11-17(19)20)18-12-13-7-3-2-4-8-13/h2-10,15,18H,11-12H2,1H3,(H,19,20). The van der Waals surface area contributed by atoms with Gasteiger partial charge in [0.1, 0.15) is 5.75 Å². The number of benzene rings is 2. The molecule has 0 aliphatic heterocycles. The van der Waals surface area contributed by atoms with Crippen molar-refractivity contribution in [3.8, 4) is 5.75 Å². The van der Waals surface area contributed by atoms with E-state index in [0.29, 0.717) is 12.3 Å². The highest BCUT2D eigenvalue weighted by molar-refractivity contribution is 5.68. The fourth-order valence-electron chi connectivity index (χ4n) is 2.26. The fourth-order valence-corrected chi connectivity index (χ4v) is 2.26. The van der Waals surface area contributed by atoms with Crippen molar-refractivity contribution in [3.05, 3.63) is 65.7 Å². The minimum atomic E-state index is -0.841. The summed E-state index contributed by atoms with van der Waals surface area (Å²) in [6.45, 7) is 0.608. The molecule has 0 aromatic heterocycles. The molecular weight excluding hydrogens is 266 g/mol. The number of rotatable bonds is 7. The Morgan fingerprint density at radius 2 is 1.81 bits per heavy atom. The van der Waals surface area contributed by atoms with E-state index in [1.165, 1.54) is 0 Å². The molecule has 0 saturated carbocycles. The second-order valence-electron chi connectivity index (χ2n) is 4.76. The summed E-state index contributed by atoms with van der Waals surface area (Å²) < 4.78 is 5.33. The molecule has 110 valence electrons. The molecule has 0 fully saturated rings. The fraction of sp³-hybridized carbons (Fsp3) is 0.235. The van der Waals surface area contributed by atoms with Crippen molar-refractivity contribution in [1.29, 1.82) is 0 Å². The average molecular weight is 285 g/mol. The maximum atomic E-state index is 11.1. The Bertz CT molecular complexity index is 584. The second-order valence-corrected chi connectivity index (χ2v) is 4.76. The molecule has 0 spiro atoms. The van der Waals surface area contributed by atoms with Crippen molar-refractivity contribution in [2.75, 3.05) is 7.11 Å². The quantitative estimate of drug-likeness (QED) is 0.821. The summed E-state index contributed by atoms with van der Waals surface area (Å²) in [7, 11) is 1.59. The van der Waals surface area contributed by atoms with E-state index in [2.05, 4.69) is 5.32 Å². The first-order chi connectivity index (χ1) is 10.2. The minimum Gasteiger partial charge on any atom is -0.496 e. The summed E-state index contributed by atoms with van der Waals surface area (Å²) in [6.07, 6.45) is 0.00715. The first-order valence-corrected chi connectivity index (χ1v) is 6.82. The zero-order valence-corrected chi connectivity index (χ0v) is 12.0. The topological polar surface area (TPSA) is 58.6 Å². The lowest BCUT2D eigenvalue weighted by molar-refractivity contribution is -0.137. The van der Waals surface area contributed by atoms with Crippen molar-refractivity contribution < 1.29 is 14.6 Å². The highest BCUT2D eigenvalue weighted by Gasteiger charge is 2.18. The molecule has 0 aliphatic carbocycles. The van der Waals surface area contributed by atoms with Gasteiger partial charge in [-0.3, -0.25) is 4.79 Å². The number of methoxy groups -OCH3 is 1. The predicted octanol–water partition coefficient (Wildman–Crippen LogP) is 3.00. The Balaban J connectivity index is 2.16. The number of carbonyl (C=O) groups is 1. The molecule has 1 unspecified atom stereocenters. The van der Waals surface area contributed by atoms with Crippen LogP contribution in [0.25, 0.3) is 0 Å². The van der Waals surface area contributed by atoms with Gasteiger partial charge in [0, 0.05) is 18.2 Å². The summed E-state index contributed by atoms with van der Waals surface area (Å²) >= 11 is 0. The molecule has 2 N–H and O–H groups in total. The van der Waals surface area contributed by atoms with Gasteiger partial charge in [-0.15, -0.1) is 0 Å². The van der Waals surface area contributed by atoms with Gasteiger partial charge in [-0.2, -0.15) is 0 Å². The summed E-state index contributed by atoms with van der Waals surface area (Å²) in [5.74, 6) is -0.143. The van der Waals surface area contributed by atoms with Crippen molar-refractivity contribution in [1.82, 2.24) is 5.32 Å². The van der Waals surface area contributed by atoms with Crippen LogP contribution in [0.4, 0.5) is 0 Å². The van der Waals surface area contributed by atoms with Crippen LogP contribution >= 0.6 is 0 Å². The molecule has 0 amide bonds. The van der Waals surface area contributed by atoms with Gasteiger partial charge in [0.05, 0.1) is 13.5 Å². The maximum Gasteiger partial charge on any atom is 0.305 e. The number of nitrogens with one attached hydrogen (secondary N) is 1. The third kappa shape index (κ3) is 4.33. The Hall–Kier alpha value is -2.33. The van der Waals surface area contributed by atoms with E-state index in [-0.39, 0.29) is 12.5 Å². The molecule has 4 heteroatoms. The van der Waals surface area contributed by atoms with Crippen molar-refractivity contribution in [2.45, 2.75) is 19.0 Å². The smallest absolute Gasteiger partial charge is 0.305 e. The molecule has 4 nitrogen and oxygen atoms in total. The zero-order chi connectivity index (χ0) is 15.1. The highest BCUT2D eigenvalue weighted by Crippen LogP contribution is 2.27. The third-order valence-electron chi connectivity index (χ3n) is 3.29. The first kappa shape index (κ1) is 15.1. The van der Waals surface area contributed by atoms with Crippen molar-refractivity contribution in [3.63, 3.8) is 0 Å². The van der Waals surface area contributed by atoms with Crippen molar-refractivity contribution >= 4 is 5.97 Å². The van der Waals surface area contributed by atoms with E-state index in [4.69, 9.17) is 9.84 Å². The molecule has 0 aliphatic rings. The summed E-state index contributed by atoms with van der Waals surface area (Å²) in [6, 6.07) is 17.1. The van der Waals surface area contributed by atoms with Crippen LogP contribution in [0, 0.1) is 0 Å². The minimum absolute atomic E-state index is 0.00715. The van der Waals surface area contributed by atoms with Gasteiger partial charge in [-0.1, -0.05) is 48.5 Å². The van der Waals surface area contributed by atoms with Crippen LogP contribution in [0.2, 0.25) is 0 Å². The largest absolute Gasteiger partial charge is 0.496 e. The molecule has 0 heterocycles. The lowest BCUT2D eigenvalue weighted by atomic mass is 10.0. The van der Waals surface area contributed by atoms with Gasteiger partial charge in [0.2, 0.25) is 0 Å². The normalized spacial score (nSPS) is 11.9. The molecule has 0 radical (unpaired) electrons. The molecule has 2 aromatic carbocycles. The Labute approximate surface area is 124 Å². The van der Waals surface area contributed by atoms with Crippen LogP contribution < -0.4 is 10.1 Å². The van der Waals surface area contributed by atoms with Gasteiger partial charge in [0.15, 0.2) is 0 Å². The number of carboxylic acid groups (broad SMARTS) is 1. The lowest BCUT2D eigenvalue weighted by Crippen LogP contribution is -2.24. The van der Waals surface area contributed by atoms with Gasteiger partial charge in [-0.25, -0.2) is 0 Å². The first-order valence-electron chi connectivity index (χ1n) is 6.82. The van der Waals surface area contributed by atoms with Crippen LogP contribution in [-0.2, 0) is 11.3 Å². The van der Waals surface area contributed by atoms with Gasteiger partial charge in [0.25, 0.3) is 0 Å². The van der Waals surface area contributed by atoms with Gasteiger partial charge >= 0.3 is 5.97 Å². The Morgan fingerprint density at radius 3 is 2.48 bits per heavy atom. The summed E-state index contributed by atoms with van der Waals surface area (Å²) in [4.78, 5) is 11.1. The summed E-state index contributed by atoms with van der Waals surface area (Å²) in [5, 5.41) is 12.4. The lowest BCUT2D eigenvalue weighted by Gasteiger charge is -2.20. The van der Waals surface area contributed by atoms with Crippen LogP contribution in [0.1, 0.15) is 23.6 Å². The van der Waals surface area contributed by atoms with E-state index < -0.39 is 5.97 Å². The van der Waals surface area contributed by atoms with Crippen LogP contribution in [0.3, 0.4) is 0 Å². The molecule has 0 bridgehead atoms. The molecule has 2 aromatic rings. The second kappa shape index (κ2) is 7.45. The average Bonchev–Trinajstić information content (AvgIpc) is 2.52. The highest BCUT2D eigenvalue weighted by atomic mass is 16.5. The monoisotopic (exact) mass is 285 g/mol. The number of hydrogen-bond acceptors (Lipinski definition) is 3. The zero-order valence-electron chi connectivity index (χ0n) is 12.0. The van der Waals surface area contributed by atoms with Crippen LogP contribution in [-0.4, -0.2) is 18.2 Å². The van der Waals surface area contributed by atoms with Crippen LogP contribution in [0.5, 0.6) is 5.75 Å². The number of ether oxygens (including phenoxy) is 1.